The Hall–Kier alpha value is -1.22. The van der Waals surface area contributed by atoms with E-state index in [0.717, 1.165) is 30.8 Å². The number of nitrogens with one attached hydrogen (secondary N) is 1. The minimum Gasteiger partial charge on any atom is -0.358 e. The summed E-state index contributed by atoms with van der Waals surface area (Å²) < 4.78 is 0. The molecular formula is C11H11ClN2O. The van der Waals surface area contributed by atoms with E-state index in [1.807, 2.05) is 12.1 Å². The van der Waals surface area contributed by atoms with E-state index in [4.69, 9.17) is 11.6 Å². The maximum atomic E-state index is 11.8. The summed E-state index contributed by atoms with van der Waals surface area (Å²) in [4.78, 5) is 13.9. The van der Waals surface area contributed by atoms with Gasteiger partial charge in [-0.3, -0.25) is 4.79 Å². The summed E-state index contributed by atoms with van der Waals surface area (Å²) in [6.07, 6.45) is 2.02. The van der Waals surface area contributed by atoms with Gasteiger partial charge >= 0.3 is 0 Å². The average molecular weight is 223 g/mol. The van der Waals surface area contributed by atoms with E-state index in [9.17, 15) is 4.79 Å². The minimum absolute atomic E-state index is 0.0102. The minimum atomic E-state index is 0.0102. The van der Waals surface area contributed by atoms with Gasteiger partial charge in [-0.2, -0.15) is 0 Å². The summed E-state index contributed by atoms with van der Waals surface area (Å²) in [6, 6.07) is 5.75. The number of fused-ring (bicyclic) bond motifs is 3. The molecule has 1 unspecified atom stereocenters. The van der Waals surface area contributed by atoms with E-state index < -0.39 is 0 Å². The summed E-state index contributed by atoms with van der Waals surface area (Å²) in [5.41, 5.74) is 1.83. The lowest BCUT2D eigenvalue weighted by atomic mass is 10.1. The molecule has 2 heterocycles. The zero-order chi connectivity index (χ0) is 10.4. The number of hydrogen-bond donors (Lipinski definition) is 1. The highest BCUT2D eigenvalue weighted by atomic mass is 35.5. The third-order valence-corrected chi connectivity index (χ3v) is 3.42. The molecule has 1 amide bonds. The van der Waals surface area contributed by atoms with Gasteiger partial charge in [0.15, 0.2) is 0 Å². The van der Waals surface area contributed by atoms with Crippen molar-refractivity contribution >= 4 is 28.9 Å². The molecule has 1 aromatic carbocycles. The Kier molecular flexibility index (Phi) is 1.89. The Bertz CT molecular complexity index is 433. The predicted octanol–water partition coefficient (Wildman–Crippen LogP) is 2.26. The second-order valence-corrected chi connectivity index (χ2v) is 4.38. The van der Waals surface area contributed by atoms with Gasteiger partial charge in [0.05, 0.1) is 16.4 Å². The highest BCUT2D eigenvalue weighted by Gasteiger charge is 2.36. The van der Waals surface area contributed by atoms with Crippen molar-refractivity contribution in [1.29, 1.82) is 0 Å². The number of halogens is 1. The molecule has 1 atom stereocenters. The van der Waals surface area contributed by atoms with Crippen molar-refractivity contribution in [2.45, 2.75) is 18.9 Å². The number of para-hydroxylation sites is 1. The van der Waals surface area contributed by atoms with Gasteiger partial charge in [0, 0.05) is 6.54 Å². The van der Waals surface area contributed by atoms with Crippen LogP contribution in [0.15, 0.2) is 18.2 Å². The Morgan fingerprint density at radius 2 is 2.33 bits per heavy atom. The SMILES string of the molecule is O=C1Nc2c(Cl)cccc2N2CCCC12. The van der Waals surface area contributed by atoms with Crippen LogP contribution >= 0.6 is 11.6 Å². The molecular weight excluding hydrogens is 212 g/mol. The topological polar surface area (TPSA) is 32.3 Å². The van der Waals surface area contributed by atoms with Crippen LogP contribution in [-0.4, -0.2) is 18.5 Å². The van der Waals surface area contributed by atoms with Crippen molar-refractivity contribution < 1.29 is 4.79 Å². The number of nitrogens with zero attached hydrogens (tertiary/aromatic N) is 1. The Morgan fingerprint density at radius 1 is 1.47 bits per heavy atom. The first-order valence-electron chi connectivity index (χ1n) is 5.13. The summed E-state index contributed by atoms with van der Waals surface area (Å²) in [7, 11) is 0. The van der Waals surface area contributed by atoms with Crippen LogP contribution in [0.5, 0.6) is 0 Å². The van der Waals surface area contributed by atoms with E-state index in [1.165, 1.54) is 0 Å². The maximum Gasteiger partial charge on any atom is 0.247 e. The zero-order valence-corrected chi connectivity index (χ0v) is 8.92. The molecule has 78 valence electrons. The van der Waals surface area contributed by atoms with Crippen LogP contribution in [0, 0.1) is 0 Å². The number of carbonyl (C=O) groups is 1. The highest BCUT2D eigenvalue weighted by Crippen LogP contribution is 2.40. The van der Waals surface area contributed by atoms with Crippen LogP contribution in [0.3, 0.4) is 0 Å². The van der Waals surface area contributed by atoms with Gasteiger partial charge in [-0.05, 0) is 25.0 Å². The van der Waals surface area contributed by atoms with Gasteiger partial charge in [-0.1, -0.05) is 17.7 Å². The first-order valence-corrected chi connectivity index (χ1v) is 5.51. The maximum absolute atomic E-state index is 11.8. The van der Waals surface area contributed by atoms with Crippen LogP contribution in [-0.2, 0) is 4.79 Å². The van der Waals surface area contributed by atoms with Crippen molar-refractivity contribution in [3.05, 3.63) is 23.2 Å². The molecule has 15 heavy (non-hydrogen) atoms. The Balaban J connectivity index is 2.15. The first kappa shape index (κ1) is 9.04. The number of amides is 1. The van der Waals surface area contributed by atoms with E-state index >= 15 is 0 Å². The lowest BCUT2D eigenvalue weighted by molar-refractivity contribution is -0.117. The molecule has 3 nitrogen and oxygen atoms in total. The van der Waals surface area contributed by atoms with Crippen LogP contribution < -0.4 is 10.2 Å². The molecule has 2 aliphatic rings. The quantitative estimate of drug-likeness (QED) is 0.730. The van der Waals surface area contributed by atoms with Crippen molar-refractivity contribution in [3.63, 3.8) is 0 Å². The second-order valence-electron chi connectivity index (χ2n) is 3.97. The highest BCUT2D eigenvalue weighted by molar-refractivity contribution is 6.35. The summed E-state index contributed by atoms with van der Waals surface area (Å²) >= 11 is 6.06. The fourth-order valence-corrected chi connectivity index (χ4v) is 2.63. The number of hydrogen-bond acceptors (Lipinski definition) is 2. The van der Waals surface area contributed by atoms with Gasteiger partial charge in [0.1, 0.15) is 6.04 Å². The van der Waals surface area contributed by atoms with Crippen LogP contribution in [0.2, 0.25) is 5.02 Å². The largest absolute Gasteiger partial charge is 0.358 e. The van der Waals surface area contributed by atoms with Gasteiger partial charge in [-0.15, -0.1) is 0 Å². The summed E-state index contributed by atoms with van der Waals surface area (Å²) in [5, 5.41) is 3.50. The van der Waals surface area contributed by atoms with Crippen molar-refractivity contribution in [3.8, 4) is 0 Å². The number of anilines is 2. The third-order valence-electron chi connectivity index (χ3n) is 3.10. The fraction of sp³-hybridized carbons (Fsp3) is 0.364. The standard InChI is InChI=1S/C11H11ClN2O/c12-7-3-1-4-8-10(7)13-11(15)9-5-2-6-14(8)9/h1,3-4,9H,2,5-6H2,(H,13,15). The molecule has 1 fully saturated rings. The summed E-state index contributed by atoms with van der Waals surface area (Å²) in [6.45, 7) is 0.950. The van der Waals surface area contributed by atoms with E-state index in [0.29, 0.717) is 5.02 Å². The molecule has 0 saturated carbocycles. The van der Waals surface area contributed by atoms with Crippen LogP contribution in [0.1, 0.15) is 12.8 Å². The van der Waals surface area contributed by atoms with E-state index in [-0.39, 0.29) is 11.9 Å². The van der Waals surface area contributed by atoms with Crippen molar-refractivity contribution in [2.75, 3.05) is 16.8 Å². The second kappa shape index (κ2) is 3.14. The molecule has 4 heteroatoms. The number of benzene rings is 1. The fourth-order valence-electron chi connectivity index (χ4n) is 2.41. The molecule has 0 aromatic heterocycles. The molecule has 0 bridgehead atoms. The first-order chi connectivity index (χ1) is 7.27. The molecule has 0 aliphatic carbocycles. The van der Waals surface area contributed by atoms with Gasteiger partial charge < -0.3 is 10.2 Å². The van der Waals surface area contributed by atoms with Gasteiger partial charge in [-0.25, -0.2) is 0 Å². The van der Waals surface area contributed by atoms with Crippen molar-refractivity contribution in [2.24, 2.45) is 0 Å². The van der Waals surface area contributed by atoms with Gasteiger partial charge in [0.2, 0.25) is 5.91 Å². The van der Waals surface area contributed by atoms with E-state index in [2.05, 4.69) is 10.2 Å². The average Bonchev–Trinajstić information content (AvgIpc) is 2.69. The Labute approximate surface area is 93.0 Å². The van der Waals surface area contributed by atoms with Gasteiger partial charge in [0.25, 0.3) is 0 Å². The van der Waals surface area contributed by atoms with Crippen LogP contribution in [0.4, 0.5) is 11.4 Å². The lowest BCUT2D eigenvalue weighted by Crippen LogP contribution is -2.43. The number of carbonyl (C=O) groups excluding carboxylic acids is 1. The predicted molar refractivity (Wildman–Crippen MR) is 60.4 cm³/mol. The molecule has 1 aromatic rings. The van der Waals surface area contributed by atoms with E-state index in [1.54, 1.807) is 6.07 Å². The van der Waals surface area contributed by atoms with Crippen LogP contribution in [0.25, 0.3) is 0 Å². The monoisotopic (exact) mass is 222 g/mol. The normalized spacial score (nSPS) is 23.4. The molecule has 0 spiro atoms. The van der Waals surface area contributed by atoms with Crippen molar-refractivity contribution in [1.82, 2.24) is 0 Å². The molecule has 1 N–H and O–H groups in total. The molecule has 3 rings (SSSR count). The summed E-state index contributed by atoms with van der Waals surface area (Å²) in [5.74, 6) is 0.0769. The lowest BCUT2D eigenvalue weighted by Gasteiger charge is -2.33. The molecule has 0 radical (unpaired) electrons. The third kappa shape index (κ3) is 1.23. The molecule has 2 aliphatic heterocycles. The molecule has 1 saturated heterocycles. The number of rotatable bonds is 0. The smallest absolute Gasteiger partial charge is 0.247 e. The Morgan fingerprint density at radius 3 is 3.20 bits per heavy atom. The zero-order valence-electron chi connectivity index (χ0n) is 8.16.